The molecule has 0 saturated carbocycles. The molecule has 0 amide bonds. The fraction of sp³-hybridized carbons (Fsp3) is 0.455. The molecule has 1 aliphatic rings. The van der Waals surface area contributed by atoms with Gasteiger partial charge in [-0.3, -0.25) is 0 Å². The van der Waals surface area contributed by atoms with E-state index in [9.17, 15) is 0 Å². The van der Waals surface area contributed by atoms with Crippen molar-refractivity contribution in [3.8, 4) is 5.75 Å². The van der Waals surface area contributed by atoms with Gasteiger partial charge in [0.05, 0.1) is 6.61 Å². The fourth-order valence-electron chi connectivity index (χ4n) is 1.90. The van der Waals surface area contributed by atoms with E-state index in [1.807, 2.05) is 7.05 Å². The molecule has 0 radical (unpaired) electrons. The third kappa shape index (κ3) is 1.93. The molecule has 0 saturated heterocycles. The Morgan fingerprint density at radius 2 is 2.43 bits per heavy atom. The first-order valence-corrected chi connectivity index (χ1v) is 5.67. The number of hydrogen-bond acceptors (Lipinski definition) is 2. The Balaban J connectivity index is 2.30. The number of benzene rings is 1. The van der Waals surface area contributed by atoms with Crippen LogP contribution in [-0.2, 0) is 0 Å². The van der Waals surface area contributed by atoms with Crippen molar-refractivity contribution in [2.75, 3.05) is 20.2 Å². The maximum absolute atomic E-state index is 5.62. The first-order chi connectivity index (χ1) is 6.81. The molecule has 1 aromatic carbocycles. The van der Waals surface area contributed by atoms with Crippen molar-refractivity contribution >= 4 is 15.9 Å². The lowest BCUT2D eigenvalue weighted by molar-refractivity contribution is 0.265. The van der Waals surface area contributed by atoms with Gasteiger partial charge in [-0.15, -0.1) is 0 Å². The third-order valence-corrected chi connectivity index (χ3v) is 3.08. The largest absolute Gasteiger partial charge is 0.493 e. The van der Waals surface area contributed by atoms with Crippen LogP contribution in [0, 0.1) is 0 Å². The first-order valence-electron chi connectivity index (χ1n) is 4.88. The van der Waals surface area contributed by atoms with Gasteiger partial charge in [0.2, 0.25) is 0 Å². The summed E-state index contributed by atoms with van der Waals surface area (Å²) in [6.45, 7) is 1.85. The van der Waals surface area contributed by atoms with E-state index < -0.39 is 0 Å². The van der Waals surface area contributed by atoms with Crippen LogP contribution in [0.15, 0.2) is 22.7 Å². The number of hydrogen-bond donors (Lipinski definition) is 1. The highest BCUT2D eigenvalue weighted by atomic mass is 79.9. The van der Waals surface area contributed by atoms with Crippen LogP contribution in [0.4, 0.5) is 0 Å². The van der Waals surface area contributed by atoms with Crippen LogP contribution in [0.25, 0.3) is 0 Å². The zero-order valence-corrected chi connectivity index (χ0v) is 9.80. The van der Waals surface area contributed by atoms with Gasteiger partial charge < -0.3 is 10.1 Å². The molecule has 0 spiro atoms. The highest BCUT2D eigenvalue weighted by molar-refractivity contribution is 9.10. The summed E-state index contributed by atoms with van der Waals surface area (Å²) in [7, 11) is 1.99. The molecule has 2 rings (SSSR count). The molecule has 1 aromatic rings. The summed E-state index contributed by atoms with van der Waals surface area (Å²) in [5, 5.41) is 3.23. The van der Waals surface area contributed by atoms with Gasteiger partial charge in [0.1, 0.15) is 5.75 Å². The minimum atomic E-state index is 0.594. The van der Waals surface area contributed by atoms with Crippen LogP contribution in [0.1, 0.15) is 17.9 Å². The number of likely N-dealkylation sites (N-methyl/N-ethyl adjacent to an activating group) is 1. The standard InChI is InChI=1S/C11H14BrNO/c1-13-7-8-4-5-14-11-6-9(12)2-3-10(8)11/h2-3,6,8,13H,4-5,7H2,1H3. The van der Waals surface area contributed by atoms with Crippen LogP contribution in [0.3, 0.4) is 0 Å². The van der Waals surface area contributed by atoms with E-state index in [4.69, 9.17) is 4.74 Å². The predicted octanol–water partition coefficient (Wildman–Crippen LogP) is 2.53. The Labute approximate surface area is 92.8 Å². The van der Waals surface area contributed by atoms with Crippen LogP contribution >= 0.6 is 15.9 Å². The number of nitrogens with one attached hydrogen (secondary N) is 1. The minimum absolute atomic E-state index is 0.594. The fourth-order valence-corrected chi connectivity index (χ4v) is 2.24. The predicted molar refractivity (Wildman–Crippen MR) is 60.9 cm³/mol. The number of fused-ring (bicyclic) bond motifs is 1. The average molecular weight is 256 g/mol. The molecule has 1 atom stereocenters. The Bertz CT molecular complexity index is 327. The molecule has 0 aromatic heterocycles. The van der Waals surface area contributed by atoms with Crippen molar-refractivity contribution in [2.24, 2.45) is 0 Å². The molecule has 1 unspecified atom stereocenters. The second-order valence-corrected chi connectivity index (χ2v) is 4.49. The van der Waals surface area contributed by atoms with E-state index in [0.29, 0.717) is 5.92 Å². The summed E-state index contributed by atoms with van der Waals surface area (Å²) in [6, 6.07) is 6.29. The lowest BCUT2D eigenvalue weighted by Gasteiger charge is -2.25. The zero-order valence-electron chi connectivity index (χ0n) is 8.22. The van der Waals surface area contributed by atoms with Crippen molar-refractivity contribution in [3.63, 3.8) is 0 Å². The highest BCUT2D eigenvalue weighted by Gasteiger charge is 2.20. The lowest BCUT2D eigenvalue weighted by atomic mass is 9.93. The molecule has 3 heteroatoms. The maximum Gasteiger partial charge on any atom is 0.123 e. The molecule has 14 heavy (non-hydrogen) atoms. The van der Waals surface area contributed by atoms with Gasteiger partial charge >= 0.3 is 0 Å². The Morgan fingerprint density at radius 3 is 3.21 bits per heavy atom. The summed E-state index contributed by atoms with van der Waals surface area (Å²) in [5.74, 6) is 1.63. The van der Waals surface area contributed by atoms with Crippen molar-refractivity contribution in [2.45, 2.75) is 12.3 Å². The number of halogens is 1. The normalized spacial score (nSPS) is 20.0. The molecular formula is C11H14BrNO. The van der Waals surface area contributed by atoms with E-state index in [1.165, 1.54) is 5.56 Å². The Hall–Kier alpha value is -0.540. The average Bonchev–Trinajstić information content (AvgIpc) is 2.18. The van der Waals surface area contributed by atoms with E-state index in [1.54, 1.807) is 0 Å². The van der Waals surface area contributed by atoms with Crippen LogP contribution in [0.2, 0.25) is 0 Å². The molecule has 1 N–H and O–H groups in total. The van der Waals surface area contributed by atoms with Gasteiger partial charge in [0.25, 0.3) is 0 Å². The molecule has 1 heterocycles. The molecule has 0 bridgehead atoms. The summed E-state index contributed by atoms with van der Waals surface area (Å²) in [5.41, 5.74) is 1.33. The third-order valence-electron chi connectivity index (χ3n) is 2.59. The molecule has 0 fully saturated rings. The van der Waals surface area contributed by atoms with Gasteiger partial charge in [-0.05, 0) is 31.2 Å². The topological polar surface area (TPSA) is 21.3 Å². The van der Waals surface area contributed by atoms with Crippen LogP contribution in [-0.4, -0.2) is 20.2 Å². The van der Waals surface area contributed by atoms with Gasteiger partial charge in [0, 0.05) is 16.9 Å². The van der Waals surface area contributed by atoms with E-state index >= 15 is 0 Å². The van der Waals surface area contributed by atoms with Gasteiger partial charge in [-0.25, -0.2) is 0 Å². The maximum atomic E-state index is 5.62. The van der Waals surface area contributed by atoms with Gasteiger partial charge in [-0.1, -0.05) is 22.0 Å². The molecular weight excluding hydrogens is 242 g/mol. The van der Waals surface area contributed by atoms with E-state index in [2.05, 4.69) is 39.4 Å². The van der Waals surface area contributed by atoms with Crippen molar-refractivity contribution in [3.05, 3.63) is 28.2 Å². The molecule has 76 valence electrons. The Morgan fingerprint density at radius 1 is 1.57 bits per heavy atom. The molecule has 2 nitrogen and oxygen atoms in total. The van der Waals surface area contributed by atoms with Crippen LogP contribution in [0.5, 0.6) is 5.75 Å². The van der Waals surface area contributed by atoms with Crippen molar-refractivity contribution in [1.29, 1.82) is 0 Å². The quantitative estimate of drug-likeness (QED) is 0.877. The van der Waals surface area contributed by atoms with Crippen molar-refractivity contribution < 1.29 is 4.74 Å². The smallest absolute Gasteiger partial charge is 0.123 e. The van der Waals surface area contributed by atoms with Gasteiger partial charge in [-0.2, -0.15) is 0 Å². The molecule has 0 aliphatic carbocycles. The summed E-state index contributed by atoms with van der Waals surface area (Å²) < 4.78 is 6.71. The second-order valence-electron chi connectivity index (χ2n) is 3.57. The minimum Gasteiger partial charge on any atom is -0.493 e. The summed E-state index contributed by atoms with van der Waals surface area (Å²) >= 11 is 3.45. The Kier molecular flexibility index (Phi) is 3.08. The molecule has 1 aliphatic heterocycles. The SMILES string of the molecule is CNCC1CCOc2cc(Br)ccc21. The van der Waals surface area contributed by atoms with Crippen LogP contribution < -0.4 is 10.1 Å². The first kappa shape index (κ1) is 9.99. The van der Waals surface area contributed by atoms with E-state index in [0.717, 1.165) is 29.8 Å². The van der Waals surface area contributed by atoms with Gasteiger partial charge in [0.15, 0.2) is 0 Å². The summed E-state index contributed by atoms with van der Waals surface area (Å²) in [6.07, 6.45) is 1.11. The highest BCUT2D eigenvalue weighted by Crippen LogP contribution is 2.34. The van der Waals surface area contributed by atoms with E-state index in [-0.39, 0.29) is 0 Å². The lowest BCUT2D eigenvalue weighted by Crippen LogP contribution is -2.23. The summed E-state index contributed by atoms with van der Waals surface area (Å²) in [4.78, 5) is 0. The van der Waals surface area contributed by atoms with Crippen molar-refractivity contribution in [1.82, 2.24) is 5.32 Å². The monoisotopic (exact) mass is 255 g/mol. The number of ether oxygens (including phenoxy) is 1. The second kappa shape index (κ2) is 4.32. The zero-order chi connectivity index (χ0) is 9.97. The number of rotatable bonds is 2.